The van der Waals surface area contributed by atoms with Crippen molar-refractivity contribution < 1.29 is 33.1 Å². The van der Waals surface area contributed by atoms with Crippen LogP contribution in [-0.4, -0.2) is 5.52 Å². The third-order valence-corrected chi connectivity index (χ3v) is 2.71. The van der Waals surface area contributed by atoms with Crippen molar-refractivity contribution in [2.45, 2.75) is 20.8 Å². The van der Waals surface area contributed by atoms with Crippen molar-refractivity contribution in [3.05, 3.63) is 34.4 Å². The maximum absolute atomic E-state index is 11.3. The SMILES string of the molecule is Cc1cc(C)c(C(=O)[PH](=O)[O-])c(C)c1.[Li+]. The minimum atomic E-state index is -3.36. The fourth-order valence-corrected chi connectivity index (χ4v) is 2.24. The first-order valence-corrected chi connectivity index (χ1v) is 5.58. The fourth-order valence-electron chi connectivity index (χ4n) is 1.64. The molecule has 0 N–H and O–H groups in total. The molecular weight excluding hydrogens is 206 g/mol. The summed E-state index contributed by atoms with van der Waals surface area (Å²) in [5.74, 6) is 0. The van der Waals surface area contributed by atoms with Crippen molar-refractivity contribution in [1.29, 1.82) is 0 Å². The number of carbonyl (C=O) groups excluding carboxylic acids is 1. The predicted octanol–water partition coefficient (Wildman–Crippen LogP) is -1.41. The topological polar surface area (TPSA) is 57.2 Å². The van der Waals surface area contributed by atoms with E-state index in [-0.39, 0.29) is 18.9 Å². The van der Waals surface area contributed by atoms with Crippen molar-refractivity contribution in [2.24, 2.45) is 0 Å². The largest absolute Gasteiger partial charge is 1.00 e. The van der Waals surface area contributed by atoms with Crippen molar-refractivity contribution in [1.82, 2.24) is 0 Å². The van der Waals surface area contributed by atoms with Crippen molar-refractivity contribution >= 4 is 13.6 Å². The van der Waals surface area contributed by atoms with Gasteiger partial charge in [-0.25, -0.2) is 0 Å². The van der Waals surface area contributed by atoms with Crippen LogP contribution >= 0.6 is 8.03 Å². The molecule has 0 aliphatic rings. The normalized spacial score (nSPS) is 11.7. The number of benzene rings is 1. The van der Waals surface area contributed by atoms with E-state index >= 15 is 0 Å². The van der Waals surface area contributed by atoms with Crippen LogP contribution in [0.1, 0.15) is 27.0 Å². The van der Waals surface area contributed by atoms with E-state index in [1.54, 1.807) is 13.8 Å². The van der Waals surface area contributed by atoms with Gasteiger partial charge in [0.2, 0.25) is 5.52 Å². The molecule has 0 amide bonds. The van der Waals surface area contributed by atoms with Gasteiger partial charge in [0.05, 0.1) is 8.03 Å². The summed E-state index contributed by atoms with van der Waals surface area (Å²) in [4.78, 5) is 21.9. The molecule has 0 saturated heterocycles. The zero-order valence-electron chi connectivity index (χ0n) is 9.38. The van der Waals surface area contributed by atoms with Gasteiger partial charge in [0.15, 0.2) is 0 Å². The Morgan fingerprint density at radius 2 is 1.60 bits per heavy atom. The zero-order valence-corrected chi connectivity index (χ0v) is 10.4. The maximum Gasteiger partial charge on any atom is 1.00 e. The number of hydrogen-bond donors (Lipinski definition) is 0. The van der Waals surface area contributed by atoms with Crippen LogP contribution in [0.25, 0.3) is 0 Å². The van der Waals surface area contributed by atoms with Crippen LogP contribution in [0.5, 0.6) is 0 Å². The van der Waals surface area contributed by atoms with Crippen molar-refractivity contribution in [3.63, 3.8) is 0 Å². The Morgan fingerprint density at radius 1 is 1.20 bits per heavy atom. The Balaban J connectivity index is 0.00000196. The Morgan fingerprint density at radius 3 is 1.93 bits per heavy atom. The van der Waals surface area contributed by atoms with Crippen LogP contribution in [0.4, 0.5) is 0 Å². The molecule has 0 aliphatic carbocycles. The molecule has 0 aliphatic heterocycles. The molecule has 0 spiro atoms. The van der Waals surface area contributed by atoms with Gasteiger partial charge < -0.3 is 9.46 Å². The van der Waals surface area contributed by atoms with Crippen LogP contribution in [0.15, 0.2) is 12.1 Å². The summed E-state index contributed by atoms with van der Waals surface area (Å²) in [6, 6.07) is 3.62. The van der Waals surface area contributed by atoms with E-state index in [2.05, 4.69) is 0 Å². The first kappa shape index (κ1) is 14.7. The van der Waals surface area contributed by atoms with Gasteiger partial charge in [0.1, 0.15) is 0 Å². The Bertz CT molecular complexity index is 392. The number of carbonyl (C=O) groups is 1. The Hall–Kier alpha value is -0.323. The summed E-state index contributed by atoms with van der Waals surface area (Å²) < 4.78 is 10.6. The van der Waals surface area contributed by atoms with Gasteiger partial charge in [-0.05, 0) is 31.9 Å². The van der Waals surface area contributed by atoms with Crippen LogP contribution in [0.3, 0.4) is 0 Å². The second-order valence-electron chi connectivity index (χ2n) is 3.39. The molecule has 1 aromatic carbocycles. The van der Waals surface area contributed by atoms with Crippen LogP contribution < -0.4 is 23.8 Å². The van der Waals surface area contributed by atoms with Crippen LogP contribution in [-0.2, 0) is 4.57 Å². The number of hydrogen-bond acceptors (Lipinski definition) is 3. The standard InChI is InChI=1S/C10H13O3P.Li/c1-6-4-7(2)9(8(3)5-6)10(11)14(12)13;/h4-5,14H,1-3H3,(H,12,13);/q;+1/p-1. The first-order valence-electron chi connectivity index (χ1n) is 4.27. The minimum absolute atomic E-state index is 0. The van der Waals surface area contributed by atoms with Gasteiger partial charge in [-0.1, -0.05) is 17.7 Å². The summed E-state index contributed by atoms with van der Waals surface area (Å²) in [5.41, 5.74) is 2.05. The Kier molecular flexibility index (Phi) is 5.56. The third-order valence-electron chi connectivity index (χ3n) is 2.09. The smallest absolute Gasteiger partial charge is 0.796 e. The molecule has 15 heavy (non-hydrogen) atoms. The van der Waals surface area contributed by atoms with Gasteiger partial charge in [-0.3, -0.25) is 4.79 Å². The van der Waals surface area contributed by atoms with Crippen molar-refractivity contribution in [3.8, 4) is 0 Å². The zero-order chi connectivity index (χ0) is 10.9. The van der Waals surface area contributed by atoms with E-state index in [4.69, 9.17) is 0 Å². The number of aryl methyl sites for hydroxylation is 3. The van der Waals surface area contributed by atoms with E-state index < -0.39 is 13.6 Å². The van der Waals surface area contributed by atoms with E-state index in [1.165, 1.54) is 0 Å². The molecule has 1 aromatic rings. The van der Waals surface area contributed by atoms with Gasteiger partial charge in [-0.2, -0.15) is 0 Å². The molecule has 1 rings (SSSR count). The first-order chi connectivity index (χ1) is 6.43. The van der Waals surface area contributed by atoms with E-state index in [0.29, 0.717) is 5.56 Å². The molecule has 1 atom stereocenters. The summed E-state index contributed by atoms with van der Waals surface area (Å²) in [6.07, 6.45) is 0. The van der Waals surface area contributed by atoms with E-state index in [9.17, 15) is 14.3 Å². The minimum Gasteiger partial charge on any atom is -0.796 e. The third kappa shape index (κ3) is 3.33. The molecule has 0 saturated carbocycles. The van der Waals surface area contributed by atoms with E-state index in [0.717, 1.165) is 16.7 Å². The molecule has 0 heterocycles. The molecule has 1 unspecified atom stereocenters. The molecule has 76 valence electrons. The van der Waals surface area contributed by atoms with Gasteiger partial charge in [0.25, 0.3) is 0 Å². The van der Waals surface area contributed by atoms with Gasteiger partial charge in [0, 0.05) is 5.56 Å². The summed E-state index contributed by atoms with van der Waals surface area (Å²) in [6.45, 7) is 5.41. The number of rotatable bonds is 2. The second-order valence-corrected chi connectivity index (χ2v) is 4.42. The molecule has 5 heteroatoms. The summed E-state index contributed by atoms with van der Waals surface area (Å²) in [7, 11) is -3.36. The average Bonchev–Trinajstić information content (AvgIpc) is 2.01. The monoisotopic (exact) mass is 218 g/mol. The predicted molar refractivity (Wildman–Crippen MR) is 54.0 cm³/mol. The van der Waals surface area contributed by atoms with Crippen LogP contribution in [0.2, 0.25) is 0 Å². The second kappa shape index (κ2) is 5.68. The van der Waals surface area contributed by atoms with Crippen LogP contribution in [0, 0.1) is 20.8 Å². The summed E-state index contributed by atoms with van der Waals surface area (Å²) >= 11 is 0. The molecule has 0 bridgehead atoms. The van der Waals surface area contributed by atoms with Gasteiger partial charge >= 0.3 is 18.9 Å². The van der Waals surface area contributed by atoms with Gasteiger partial charge in [-0.15, -0.1) is 0 Å². The molecular formula is C10H12LiO3P. The summed E-state index contributed by atoms with van der Waals surface area (Å²) in [5, 5.41) is 0. The molecule has 3 nitrogen and oxygen atoms in total. The molecule has 0 fully saturated rings. The maximum atomic E-state index is 11.3. The fraction of sp³-hybridized carbons (Fsp3) is 0.300. The molecule has 0 radical (unpaired) electrons. The van der Waals surface area contributed by atoms with Crippen molar-refractivity contribution in [2.75, 3.05) is 0 Å². The average molecular weight is 218 g/mol. The molecule has 0 aromatic heterocycles. The Labute approximate surface area is 102 Å². The quantitative estimate of drug-likeness (QED) is 0.452. The van der Waals surface area contributed by atoms with E-state index in [1.807, 2.05) is 19.1 Å².